The molecule has 104 valence electrons. The minimum atomic E-state index is -0.719. The van der Waals surface area contributed by atoms with E-state index in [1.807, 2.05) is 13.0 Å². The zero-order valence-electron chi connectivity index (χ0n) is 11.3. The summed E-state index contributed by atoms with van der Waals surface area (Å²) in [5, 5.41) is 18.4. The van der Waals surface area contributed by atoms with Crippen molar-refractivity contribution < 1.29 is 9.52 Å². The molecular weight excluding hydrogens is 268 g/mol. The molecule has 0 spiro atoms. The van der Waals surface area contributed by atoms with Gasteiger partial charge < -0.3 is 9.52 Å². The van der Waals surface area contributed by atoms with Gasteiger partial charge in [-0.2, -0.15) is 5.11 Å². The number of hydrogen-bond acceptors (Lipinski definition) is 5. The summed E-state index contributed by atoms with van der Waals surface area (Å²) in [5.74, 6) is -0.218. The van der Waals surface area contributed by atoms with E-state index in [1.165, 1.54) is 0 Å². The zero-order chi connectivity index (χ0) is 14.8. The van der Waals surface area contributed by atoms with Crippen molar-refractivity contribution in [3.63, 3.8) is 0 Å². The molecule has 3 aromatic rings. The number of nitrogens with zero attached hydrogens (tertiary/aromatic N) is 2. The largest absolute Gasteiger partial charge is 0.505 e. The number of aryl methyl sites for hydroxylation is 1. The number of fused-ring (bicyclic) bond motifs is 1. The maximum atomic E-state index is 11.9. The van der Waals surface area contributed by atoms with Gasteiger partial charge in [0.25, 0.3) is 0 Å². The minimum absolute atomic E-state index is 0.197. The van der Waals surface area contributed by atoms with Crippen LogP contribution < -0.4 is 5.63 Å². The number of azo groups is 1. The Labute approximate surface area is 120 Å². The Kier molecular flexibility index (Phi) is 3.23. The molecule has 5 nitrogen and oxygen atoms in total. The van der Waals surface area contributed by atoms with Crippen molar-refractivity contribution in [3.05, 3.63) is 64.5 Å². The molecule has 2 aromatic carbocycles. The van der Waals surface area contributed by atoms with Crippen LogP contribution in [0.15, 0.2) is 68.0 Å². The molecule has 0 saturated carbocycles. The molecule has 0 bridgehead atoms. The fraction of sp³-hybridized carbons (Fsp3) is 0.0625. The highest BCUT2D eigenvalue weighted by Gasteiger charge is 2.13. The quantitative estimate of drug-likeness (QED) is 0.564. The normalized spacial score (nSPS) is 11.3. The molecular formula is C16H12N2O3. The summed E-state index contributed by atoms with van der Waals surface area (Å²) in [5.41, 5.74) is 0.931. The van der Waals surface area contributed by atoms with Gasteiger partial charge in [0.1, 0.15) is 5.58 Å². The molecule has 0 amide bonds. The highest BCUT2D eigenvalue weighted by molar-refractivity contribution is 5.87. The van der Waals surface area contributed by atoms with Crippen LogP contribution in [-0.2, 0) is 0 Å². The maximum absolute atomic E-state index is 11.9. The van der Waals surface area contributed by atoms with Gasteiger partial charge in [-0.05, 0) is 31.2 Å². The number of hydrogen-bond donors (Lipinski definition) is 1. The van der Waals surface area contributed by atoms with Crippen molar-refractivity contribution in [2.75, 3.05) is 0 Å². The molecule has 5 heteroatoms. The van der Waals surface area contributed by atoms with E-state index in [2.05, 4.69) is 10.2 Å². The molecule has 1 heterocycles. The van der Waals surface area contributed by atoms with Crippen LogP contribution in [0.1, 0.15) is 5.56 Å². The first-order chi connectivity index (χ1) is 10.1. The Morgan fingerprint density at radius 2 is 1.81 bits per heavy atom. The Morgan fingerprint density at radius 1 is 1.05 bits per heavy atom. The van der Waals surface area contributed by atoms with Crippen LogP contribution in [0.3, 0.4) is 0 Å². The molecule has 0 saturated heterocycles. The van der Waals surface area contributed by atoms with E-state index in [0.29, 0.717) is 16.7 Å². The molecule has 0 fully saturated rings. The first-order valence-electron chi connectivity index (χ1n) is 6.38. The van der Waals surface area contributed by atoms with Gasteiger partial charge in [-0.3, -0.25) is 0 Å². The Morgan fingerprint density at radius 3 is 2.57 bits per heavy atom. The molecule has 0 aliphatic heterocycles. The van der Waals surface area contributed by atoms with Gasteiger partial charge in [0.2, 0.25) is 5.69 Å². The number of benzene rings is 2. The van der Waals surface area contributed by atoms with Crippen LogP contribution in [0.2, 0.25) is 0 Å². The fourth-order valence-corrected chi connectivity index (χ4v) is 1.98. The van der Waals surface area contributed by atoms with E-state index in [4.69, 9.17) is 4.42 Å². The second kappa shape index (κ2) is 5.20. The zero-order valence-corrected chi connectivity index (χ0v) is 11.3. The summed E-state index contributed by atoms with van der Waals surface area (Å²) in [6.07, 6.45) is 0. The highest BCUT2D eigenvalue weighted by atomic mass is 16.4. The summed E-state index contributed by atoms with van der Waals surface area (Å²) in [4.78, 5) is 11.9. The first-order valence-corrected chi connectivity index (χ1v) is 6.38. The fourth-order valence-electron chi connectivity index (χ4n) is 1.98. The SMILES string of the molecule is Cc1ccc2oc(=O)c(N=Nc3ccccc3)c(O)c2c1. The third kappa shape index (κ3) is 2.53. The van der Waals surface area contributed by atoms with E-state index in [0.717, 1.165) is 5.56 Å². The van der Waals surface area contributed by atoms with E-state index in [1.54, 1.807) is 42.5 Å². The number of aromatic hydroxyl groups is 1. The van der Waals surface area contributed by atoms with Gasteiger partial charge in [0, 0.05) is 0 Å². The summed E-state index contributed by atoms with van der Waals surface area (Å²) in [6, 6.07) is 14.1. The van der Waals surface area contributed by atoms with Crippen LogP contribution in [0.25, 0.3) is 11.0 Å². The highest BCUT2D eigenvalue weighted by Crippen LogP contribution is 2.32. The maximum Gasteiger partial charge on any atom is 0.368 e. The average molecular weight is 280 g/mol. The lowest BCUT2D eigenvalue weighted by Crippen LogP contribution is -1.98. The monoisotopic (exact) mass is 280 g/mol. The van der Waals surface area contributed by atoms with Gasteiger partial charge in [0.15, 0.2) is 5.75 Å². The van der Waals surface area contributed by atoms with Gasteiger partial charge in [-0.25, -0.2) is 4.79 Å². The van der Waals surface area contributed by atoms with Crippen molar-refractivity contribution in [1.82, 2.24) is 0 Å². The smallest absolute Gasteiger partial charge is 0.368 e. The Balaban J connectivity index is 2.14. The minimum Gasteiger partial charge on any atom is -0.505 e. The molecule has 0 atom stereocenters. The van der Waals surface area contributed by atoms with Gasteiger partial charge >= 0.3 is 5.63 Å². The summed E-state index contributed by atoms with van der Waals surface area (Å²) in [7, 11) is 0. The second-order valence-electron chi connectivity index (χ2n) is 4.62. The summed E-state index contributed by atoms with van der Waals surface area (Å²) >= 11 is 0. The third-order valence-corrected chi connectivity index (χ3v) is 3.03. The van der Waals surface area contributed by atoms with E-state index < -0.39 is 5.63 Å². The molecule has 0 radical (unpaired) electrons. The molecule has 0 aliphatic rings. The summed E-state index contributed by atoms with van der Waals surface area (Å²) < 4.78 is 5.15. The van der Waals surface area contributed by atoms with Gasteiger partial charge in [0.05, 0.1) is 11.1 Å². The third-order valence-electron chi connectivity index (χ3n) is 3.03. The van der Waals surface area contributed by atoms with Crippen molar-refractivity contribution in [3.8, 4) is 5.75 Å². The average Bonchev–Trinajstić information content (AvgIpc) is 2.49. The van der Waals surface area contributed by atoms with Gasteiger partial charge in [-0.1, -0.05) is 29.8 Å². The van der Waals surface area contributed by atoms with Crippen LogP contribution in [0.4, 0.5) is 11.4 Å². The van der Waals surface area contributed by atoms with Crippen molar-refractivity contribution in [1.29, 1.82) is 0 Å². The van der Waals surface area contributed by atoms with E-state index in [-0.39, 0.29) is 11.4 Å². The predicted octanol–water partition coefficient (Wildman–Crippen LogP) is 4.22. The van der Waals surface area contributed by atoms with Crippen molar-refractivity contribution in [2.45, 2.75) is 6.92 Å². The van der Waals surface area contributed by atoms with Crippen molar-refractivity contribution >= 4 is 22.3 Å². The lowest BCUT2D eigenvalue weighted by Gasteiger charge is -2.03. The first kappa shape index (κ1) is 13.1. The van der Waals surface area contributed by atoms with E-state index in [9.17, 15) is 9.90 Å². The number of rotatable bonds is 2. The molecule has 3 rings (SSSR count). The lowest BCUT2D eigenvalue weighted by molar-refractivity contribution is 0.469. The van der Waals surface area contributed by atoms with Crippen LogP contribution in [-0.4, -0.2) is 5.11 Å². The lowest BCUT2D eigenvalue weighted by atomic mass is 10.1. The molecule has 1 aromatic heterocycles. The molecule has 1 N–H and O–H groups in total. The summed E-state index contributed by atoms with van der Waals surface area (Å²) in [6.45, 7) is 1.88. The Hall–Kier alpha value is -2.95. The standard InChI is InChI=1S/C16H12N2O3/c1-10-7-8-13-12(9-10)15(19)14(16(20)21-13)18-17-11-5-3-2-4-6-11/h2-9,19H,1H3. The predicted molar refractivity (Wildman–Crippen MR) is 79.5 cm³/mol. The second-order valence-corrected chi connectivity index (χ2v) is 4.62. The van der Waals surface area contributed by atoms with Crippen LogP contribution in [0.5, 0.6) is 5.75 Å². The van der Waals surface area contributed by atoms with Gasteiger partial charge in [-0.15, -0.1) is 5.11 Å². The molecule has 0 unspecified atom stereocenters. The Bertz CT molecular complexity index is 883. The van der Waals surface area contributed by atoms with Crippen LogP contribution >= 0.6 is 0 Å². The van der Waals surface area contributed by atoms with Crippen LogP contribution in [0, 0.1) is 6.92 Å². The van der Waals surface area contributed by atoms with E-state index >= 15 is 0 Å². The molecule has 0 aliphatic carbocycles. The molecule has 21 heavy (non-hydrogen) atoms. The topological polar surface area (TPSA) is 75.2 Å². The van der Waals surface area contributed by atoms with Crippen molar-refractivity contribution in [2.24, 2.45) is 10.2 Å².